The minimum Gasteiger partial charge on any atom is -0.375 e. The maximum absolute atomic E-state index is 10.2. The number of rotatable bonds is 3. The average Bonchev–Trinajstić information content (AvgIpc) is 2.14. The second-order valence-corrected chi connectivity index (χ2v) is 4.13. The SMILES string of the molecule is O=CC=CN1CCN(C2CCC2)CC1. The number of carbonyl (C=O) groups excluding carboxylic acids is 1. The van der Waals surface area contributed by atoms with Crippen LogP contribution in [-0.4, -0.2) is 48.3 Å². The van der Waals surface area contributed by atoms with E-state index in [0.29, 0.717) is 0 Å². The first kappa shape index (κ1) is 9.71. The summed E-state index contributed by atoms with van der Waals surface area (Å²) in [5, 5.41) is 0. The van der Waals surface area contributed by atoms with Crippen LogP contribution in [0.2, 0.25) is 0 Å². The van der Waals surface area contributed by atoms with E-state index in [4.69, 9.17) is 0 Å². The summed E-state index contributed by atoms with van der Waals surface area (Å²) in [6, 6.07) is 0.868. The van der Waals surface area contributed by atoms with E-state index in [0.717, 1.165) is 38.5 Å². The van der Waals surface area contributed by atoms with Gasteiger partial charge in [0.1, 0.15) is 6.29 Å². The Bertz CT molecular complexity index is 215. The fourth-order valence-corrected chi connectivity index (χ4v) is 2.16. The molecule has 0 spiro atoms. The third-order valence-corrected chi connectivity index (χ3v) is 3.32. The summed E-state index contributed by atoms with van der Waals surface area (Å²) in [6.45, 7) is 4.46. The monoisotopic (exact) mass is 194 g/mol. The zero-order chi connectivity index (χ0) is 9.80. The van der Waals surface area contributed by atoms with Crippen molar-refractivity contribution >= 4 is 6.29 Å². The third-order valence-electron chi connectivity index (χ3n) is 3.32. The Hall–Kier alpha value is -0.830. The summed E-state index contributed by atoms with van der Waals surface area (Å²) in [5.41, 5.74) is 0. The van der Waals surface area contributed by atoms with Gasteiger partial charge >= 0.3 is 0 Å². The molecule has 2 fully saturated rings. The summed E-state index contributed by atoms with van der Waals surface area (Å²) in [7, 11) is 0. The molecule has 3 nitrogen and oxygen atoms in total. The van der Waals surface area contributed by atoms with Gasteiger partial charge in [0.15, 0.2) is 0 Å². The highest BCUT2D eigenvalue weighted by Crippen LogP contribution is 2.25. The van der Waals surface area contributed by atoms with Crippen LogP contribution < -0.4 is 0 Å². The van der Waals surface area contributed by atoms with Crippen molar-refractivity contribution in [2.45, 2.75) is 25.3 Å². The number of hydrogen-bond donors (Lipinski definition) is 0. The molecule has 0 radical (unpaired) electrons. The molecule has 0 bridgehead atoms. The quantitative estimate of drug-likeness (QED) is 0.492. The smallest absolute Gasteiger partial charge is 0.144 e. The molecule has 2 rings (SSSR count). The Balaban J connectivity index is 1.74. The molecule has 1 aliphatic heterocycles. The van der Waals surface area contributed by atoms with Gasteiger partial charge in [-0.25, -0.2) is 0 Å². The Morgan fingerprint density at radius 1 is 1.07 bits per heavy atom. The van der Waals surface area contributed by atoms with Crippen LogP contribution in [0.1, 0.15) is 19.3 Å². The van der Waals surface area contributed by atoms with E-state index < -0.39 is 0 Å². The lowest BCUT2D eigenvalue weighted by Gasteiger charge is -2.42. The largest absolute Gasteiger partial charge is 0.375 e. The molecule has 1 saturated heterocycles. The van der Waals surface area contributed by atoms with E-state index >= 15 is 0 Å². The van der Waals surface area contributed by atoms with E-state index in [1.165, 1.54) is 19.3 Å². The van der Waals surface area contributed by atoms with Crippen molar-refractivity contribution in [2.24, 2.45) is 0 Å². The number of nitrogens with zero attached hydrogens (tertiary/aromatic N) is 2. The maximum atomic E-state index is 10.2. The molecule has 0 aromatic heterocycles. The molecular weight excluding hydrogens is 176 g/mol. The van der Waals surface area contributed by atoms with Crippen LogP contribution >= 0.6 is 0 Å². The van der Waals surface area contributed by atoms with Gasteiger partial charge < -0.3 is 4.90 Å². The first-order valence-electron chi connectivity index (χ1n) is 5.50. The second-order valence-electron chi connectivity index (χ2n) is 4.13. The minimum absolute atomic E-state index is 0.846. The molecule has 78 valence electrons. The first-order valence-corrected chi connectivity index (χ1v) is 5.50. The number of carbonyl (C=O) groups is 1. The number of hydrogen-bond acceptors (Lipinski definition) is 3. The van der Waals surface area contributed by atoms with Gasteiger partial charge in [0.25, 0.3) is 0 Å². The lowest BCUT2D eigenvalue weighted by Crippen LogP contribution is -2.50. The van der Waals surface area contributed by atoms with Crippen molar-refractivity contribution in [3.05, 3.63) is 12.3 Å². The zero-order valence-electron chi connectivity index (χ0n) is 8.56. The maximum Gasteiger partial charge on any atom is 0.144 e. The Morgan fingerprint density at radius 3 is 2.29 bits per heavy atom. The van der Waals surface area contributed by atoms with Crippen molar-refractivity contribution in [2.75, 3.05) is 26.2 Å². The molecule has 0 unspecified atom stereocenters. The van der Waals surface area contributed by atoms with Gasteiger partial charge in [0, 0.05) is 38.4 Å². The van der Waals surface area contributed by atoms with Crippen molar-refractivity contribution in [1.29, 1.82) is 0 Å². The Morgan fingerprint density at radius 2 is 1.79 bits per heavy atom. The molecule has 0 aromatic rings. The van der Waals surface area contributed by atoms with Crippen LogP contribution in [0.15, 0.2) is 12.3 Å². The molecule has 1 heterocycles. The number of piperazine rings is 1. The minimum atomic E-state index is 0.846. The molecule has 0 amide bonds. The standard InChI is InChI=1S/C11H18N2O/c14-10-2-5-12-6-8-13(9-7-12)11-3-1-4-11/h2,5,10-11H,1,3-4,6-9H2. The highest BCUT2D eigenvalue weighted by molar-refractivity contribution is 5.64. The van der Waals surface area contributed by atoms with Gasteiger partial charge in [0.05, 0.1) is 0 Å². The Kier molecular flexibility index (Phi) is 3.19. The van der Waals surface area contributed by atoms with Crippen LogP contribution in [0.3, 0.4) is 0 Å². The van der Waals surface area contributed by atoms with E-state index in [1.807, 2.05) is 6.20 Å². The van der Waals surface area contributed by atoms with E-state index in [1.54, 1.807) is 6.08 Å². The second kappa shape index (κ2) is 4.60. The summed E-state index contributed by atoms with van der Waals surface area (Å²) in [6.07, 6.45) is 8.53. The van der Waals surface area contributed by atoms with Crippen molar-refractivity contribution in [1.82, 2.24) is 9.80 Å². The summed E-state index contributed by atoms with van der Waals surface area (Å²) < 4.78 is 0. The average molecular weight is 194 g/mol. The molecule has 2 aliphatic rings. The van der Waals surface area contributed by atoms with Crippen molar-refractivity contribution in [3.63, 3.8) is 0 Å². The van der Waals surface area contributed by atoms with E-state index in [2.05, 4.69) is 9.80 Å². The molecule has 0 aromatic carbocycles. The Labute approximate surface area is 85.4 Å². The highest BCUT2D eigenvalue weighted by atomic mass is 16.1. The van der Waals surface area contributed by atoms with Crippen molar-refractivity contribution in [3.8, 4) is 0 Å². The van der Waals surface area contributed by atoms with Gasteiger partial charge in [-0.1, -0.05) is 6.42 Å². The predicted octanol–water partition coefficient (Wildman–Crippen LogP) is 0.869. The molecule has 14 heavy (non-hydrogen) atoms. The number of aldehydes is 1. The summed E-state index contributed by atoms with van der Waals surface area (Å²) in [5.74, 6) is 0. The zero-order valence-corrected chi connectivity index (χ0v) is 8.56. The third kappa shape index (κ3) is 2.15. The fraction of sp³-hybridized carbons (Fsp3) is 0.727. The lowest BCUT2D eigenvalue weighted by molar-refractivity contribution is -0.104. The molecule has 3 heteroatoms. The predicted molar refractivity (Wildman–Crippen MR) is 56.0 cm³/mol. The van der Waals surface area contributed by atoms with Gasteiger partial charge in [-0.05, 0) is 18.9 Å². The first-order chi connectivity index (χ1) is 6.90. The molecule has 0 N–H and O–H groups in total. The normalized spacial score (nSPS) is 25.3. The van der Waals surface area contributed by atoms with Crippen LogP contribution in [0, 0.1) is 0 Å². The summed E-state index contributed by atoms with van der Waals surface area (Å²) >= 11 is 0. The molecule has 1 saturated carbocycles. The molecule has 0 atom stereocenters. The van der Waals surface area contributed by atoms with E-state index in [9.17, 15) is 4.79 Å². The van der Waals surface area contributed by atoms with Crippen LogP contribution in [0.25, 0.3) is 0 Å². The highest BCUT2D eigenvalue weighted by Gasteiger charge is 2.26. The van der Waals surface area contributed by atoms with Crippen LogP contribution in [0.5, 0.6) is 0 Å². The molecular formula is C11H18N2O. The van der Waals surface area contributed by atoms with Gasteiger partial charge in [-0.15, -0.1) is 0 Å². The van der Waals surface area contributed by atoms with E-state index in [-0.39, 0.29) is 0 Å². The van der Waals surface area contributed by atoms with Gasteiger partial charge in [-0.2, -0.15) is 0 Å². The topological polar surface area (TPSA) is 23.6 Å². The van der Waals surface area contributed by atoms with Gasteiger partial charge in [0.2, 0.25) is 0 Å². The fourth-order valence-electron chi connectivity index (χ4n) is 2.16. The van der Waals surface area contributed by atoms with Crippen LogP contribution in [-0.2, 0) is 4.79 Å². The number of allylic oxidation sites excluding steroid dienone is 1. The van der Waals surface area contributed by atoms with Gasteiger partial charge in [-0.3, -0.25) is 9.69 Å². The summed E-state index contributed by atoms with van der Waals surface area (Å²) in [4.78, 5) is 15.0. The lowest BCUT2D eigenvalue weighted by atomic mass is 9.91. The van der Waals surface area contributed by atoms with Crippen molar-refractivity contribution < 1.29 is 4.79 Å². The van der Waals surface area contributed by atoms with Crippen LogP contribution in [0.4, 0.5) is 0 Å². The molecule has 1 aliphatic carbocycles.